The van der Waals surface area contributed by atoms with Gasteiger partial charge in [0, 0.05) is 12.0 Å². The Balaban J connectivity index is 1.79. The Hall–Kier alpha value is -3.06. The number of aryl methyl sites for hydroxylation is 1. The van der Waals surface area contributed by atoms with Gasteiger partial charge in [-0.3, -0.25) is 4.79 Å². The van der Waals surface area contributed by atoms with Crippen LogP contribution in [0.2, 0.25) is 0 Å². The zero-order valence-corrected chi connectivity index (χ0v) is 18.5. The number of rotatable bonds is 5. The molecule has 0 spiro atoms. The van der Waals surface area contributed by atoms with E-state index >= 15 is 0 Å². The first-order chi connectivity index (χ1) is 14.5. The number of hydrogen-bond donors (Lipinski definition) is 0. The molecule has 1 aliphatic heterocycles. The largest absolute Gasteiger partial charge is 0.497 e. The Morgan fingerprint density at radius 1 is 1.13 bits per heavy atom. The number of amides is 1. The molecule has 0 saturated carbocycles. The molecular weight excluding hydrogens is 448 g/mol. The van der Waals surface area contributed by atoms with E-state index in [2.05, 4.69) is 22.0 Å². The summed E-state index contributed by atoms with van der Waals surface area (Å²) in [4.78, 5) is 13.2. The Labute approximate surface area is 183 Å². The van der Waals surface area contributed by atoms with Gasteiger partial charge in [0.05, 0.1) is 26.0 Å². The first-order valence-electron chi connectivity index (χ1n) is 9.45. The summed E-state index contributed by atoms with van der Waals surface area (Å²) in [7, 11) is 3.23. The zero-order chi connectivity index (χ0) is 21.3. The standard InChI is InChI=1S/C23H21BrN2O4/c1-14-5-4-6-15(11-14)19-13-18(17-12-16(28-2)7-8-20(17)29-3)25-26(19)23(27)21-9-10-22(24)30-21/h4-12,19H,13H2,1-3H3/t19-/m0/s1. The third-order valence-corrected chi connectivity index (χ3v) is 5.47. The van der Waals surface area contributed by atoms with Gasteiger partial charge >= 0.3 is 5.91 Å². The minimum Gasteiger partial charge on any atom is -0.497 e. The average molecular weight is 469 g/mol. The lowest BCUT2D eigenvalue weighted by Gasteiger charge is -2.21. The van der Waals surface area contributed by atoms with Crippen molar-refractivity contribution in [3.05, 3.63) is 81.7 Å². The number of carbonyl (C=O) groups is 1. The summed E-state index contributed by atoms with van der Waals surface area (Å²) < 4.78 is 16.9. The maximum absolute atomic E-state index is 13.2. The van der Waals surface area contributed by atoms with Crippen molar-refractivity contribution >= 4 is 27.5 Å². The quantitative estimate of drug-likeness (QED) is 0.505. The van der Waals surface area contributed by atoms with Crippen LogP contribution in [0.4, 0.5) is 0 Å². The second-order valence-electron chi connectivity index (χ2n) is 7.00. The third-order valence-electron chi connectivity index (χ3n) is 5.05. The lowest BCUT2D eigenvalue weighted by molar-refractivity contribution is 0.0677. The molecule has 4 rings (SSSR count). The van der Waals surface area contributed by atoms with E-state index in [4.69, 9.17) is 19.0 Å². The Kier molecular flexibility index (Phi) is 5.63. The van der Waals surface area contributed by atoms with Crippen LogP contribution in [0, 0.1) is 6.92 Å². The third kappa shape index (κ3) is 3.85. The van der Waals surface area contributed by atoms with Crippen LogP contribution in [0.15, 0.2) is 68.8 Å². The number of hydrogen-bond acceptors (Lipinski definition) is 5. The van der Waals surface area contributed by atoms with Crippen LogP contribution in [-0.2, 0) is 0 Å². The van der Waals surface area contributed by atoms with Gasteiger partial charge in [-0.25, -0.2) is 5.01 Å². The molecule has 1 atom stereocenters. The smallest absolute Gasteiger partial charge is 0.310 e. The second kappa shape index (κ2) is 8.36. The molecule has 0 aliphatic carbocycles. The van der Waals surface area contributed by atoms with Crippen LogP contribution < -0.4 is 9.47 Å². The summed E-state index contributed by atoms with van der Waals surface area (Å²) in [6.45, 7) is 2.03. The highest BCUT2D eigenvalue weighted by Gasteiger charge is 2.36. The van der Waals surface area contributed by atoms with E-state index in [1.807, 2.05) is 43.3 Å². The molecule has 2 heterocycles. The van der Waals surface area contributed by atoms with Crippen LogP contribution in [0.25, 0.3) is 0 Å². The van der Waals surface area contributed by atoms with Gasteiger partial charge in [-0.2, -0.15) is 5.10 Å². The van der Waals surface area contributed by atoms with E-state index in [-0.39, 0.29) is 17.7 Å². The molecule has 154 valence electrons. The van der Waals surface area contributed by atoms with E-state index in [1.54, 1.807) is 26.4 Å². The Bertz CT molecular complexity index is 1120. The van der Waals surface area contributed by atoms with Crippen LogP contribution in [-0.4, -0.2) is 30.8 Å². The number of furan rings is 1. The molecule has 30 heavy (non-hydrogen) atoms. The normalized spacial score (nSPS) is 15.8. The number of nitrogens with zero attached hydrogens (tertiary/aromatic N) is 2. The van der Waals surface area contributed by atoms with Gasteiger partial charge in [-0.1, -0.05) is 29.8 Å². The highest BCUT2D eigenvalue weighted by atomic mass is 79.9. The molecule has 2 aromatic carbocycles. The Morgan fingerprint density at radius 2 is 1.97 bits per heavy atom. The summed E-state index contributed by atoms with van der Waals surface area (Å²) in [5, 5.41) is 6.20. The molecule has 1 amide bonds. The number of benzene rings is 2. The van der Waals surface area contributed by atoms with Gasteiger partial charge in [0.15, 0.2) is 10.4 Å². The van der Waals surface area contributed by atoms with Crippen molar-refractivity contribution in [2.24, 2.45) is 5.10 Å². The van der Waals surface area contributed by atoms with Gasteiger partial charge in [-0.15, -0.1) is 0 Å². The highest BCUT2D eigenvalue weighted by molar-refractivity contribution is 9.10. The number of methoxy groups -OCH3 is 2. The minimum absolute atomic E-state index is 0.224. The lowest BCUT2D eigenvalue weighted by Crippen LogP contribution is -2.26. The van der Waals surface area contributed by atoms with Crippen molar-refractivity contribution in [2.75, 3.05) is 14.2 Å². The van der Waals surface area contributed by atoms with Crippen LogP contribution in [0.3, 0.4) is 0 Å². The van der Waals surface area contributed by atoms with Gasteiger partial charge < -0.3 is 13.9 Å². The predicted molar refractivity (Wildman–Crippen MR) is 117 cm³/mol. The van der Waals surface area contributed by atoms with Gasteiger partial charge in [0.25, 0.3) is 0 Å². The summed E-state index contributed by atoms with van der Waals surface area (Å²) >= 11 is 3.26. The van der Waals surface area contributed by atoms with Crippen LogP contribution in [0.1, 0.15) is 39.7 Å². The van der Waals surface area contributed by atoms with E-state index in [1.165, 1.54) is 5.01 Å². The van der Waals surface area contributed by atoms with Crippen molar-refractivity contribution in [1.82, 2.24) is 5.01 Å². The molecule has 1 aromatic heterocycles. The molecule has 0 unspecified atom stereocenters. The molecule has 3 aromatic rings. The number of halogens is 1. The number of hydrazone groups is 1. The van der Waals surface area contributed by atoms with Crippen molar-refractivity contribution in [3.63, 3.8) is 0 Å². The molecule has 0 bridgehead atoms. The zero-order valence-electron chi connectivity index (χ0n) is 16.9. The van der Waals surface area contributed by atoms with Crippen molar-refractivity contribution < 1.29 is 18.7 Å². The summed E-state index contributed by atoms with van der Waals surface area (Å²) in [6.07, 6.45) is 0.542. The predicted octanol–water partition coefficient (Wildman–Crippen LogP) is 5.36. The van der Waals surface area contributed by atoms with Gasteiger partial charge in [-0.05, 0) is 58.7 Å². The number of ether oxygens (including phenoxy) is 2. The van der Waals surface area contributed by atoms with Crippen LogP contribution in [0.5, 0.6) is 11.5 Å². The molecule has 6 nitrogen and oxygen atoms in total. The van der Waals surface area contributed by atoms with Crippen molar-refractivity contribution in [3.8, 4) is 11.5 Å². The fourth-order valence-corrected chi connectivity index (χ4v) is 3.89. The SMILES string of the molecule is COc1ccc(OC)c(C2=NN(C(=O)c3ccc(Br)o3)[C@H](c3cccc(C)c3)C2)c1. The summed E-state index contributed by atoms with van der Waals surface area (Å²) in [5.41, 5.74) is 3.67. The van der Waals surface area contributed by atoms with Crippen molar-refractivity contribution in [2.45, 2.75) is 19.4 Å². The molecular formula is C23H21BrN2O4. The topological polar surface area (TPSA) is 64.3 Å². The monoisotopic (exact) mass is 468 g/mol. The maximum Gasteiger partial charge on any atom is 0.310 e. The molecule has 0 radical (unpaired) electrons. The second-order valence-corrected chi connectivity index (χ2v) is 7.78. The average Bonchev–Trinajstić information content (AvgIpc) is 3.39. The molecule has 0 saturated heterocycles. The van der Waals surface area contributed by atoms with Gasteiger partial charge in [0.2, 0.25) is 0 Å². The molecule has 0 N–H and O–H groups in total. The molecule has 7 heteroatoms. The first kappa shape index (κ1) is 20.2. The van der Waals surface area contributed by atoms with Crippen LogP contribution >= 0.6 is 15.9 Å². The fourth-order valence-electron chi connectivity index (χ4n) is 3.58. The molecule has 0 fully saturated rings. The van der Waals surface area contributed by atoms with E-state index in [9.17, 15) is 4.79 Å². The summed E-state index contributed by atoms with van der Waals surface area (Å²) in [5.74, 6) is 1.29. The molecule has 1 aliphatic rings. The fraction of sp³-hybridized carbons (Fsp3) is 0.217. The number of carbonyl (C=O) groups excluding carboxylic acids is 1. The van der Waals surface area contributed by atoms with E-state index < -0.39 is 0 Å². The van der Waals surface area contributed by atoms with E-state index in [0.717, 1.165) is 22.4 Å². The maximum atomic E-state index is 13.2. The van der Waals surface area contributed by atoms with Gasteiger partial charge in [0.1, 0.15) is 11.5 Å². The van der Waals surface area contributed by atoms with Crippen molar-refractivity contribution in [1.29, 1.82) is 0 Å². The first-order valence-corrected chi connectivity index (χ1v) is 10.2. The highest BCUT2D eigenvalue weighted by Crippen LogP contribution is 2.37. The summed E-state index contributed by atoms with van der Waals surface area (Å²) in [6, 6.07) is 16.7. The lowest BCUT2D eigenvalue weighted by atomic mass is 9.96. The van der Waals surface area contributed by atoms with E-state index in [0.29, 0.717) is 22.6 Å². The Morgan fingerprint density at radius 3 is 2.63 bits per heavy atom. The minimum atomic E-state index is -0.302.